The molecule has 0 radical (unpaired) electrons. The summed E-state index contributed by atoms with van der Waals surface area (Å²) >= 11 is 0. The Morgan fingerprint density at radius 3 is 2.52 bits per heavy atom. The van der Waals surface area contributed by atoms with Gasteiger partial charge in [0, 0.05) is 17.6 Å². The van der Waals surface area contributed by atoms with Crippen LogP contribution in [0.3, 0.4) is 0 Å². The number of benzene rings is 1. The van der Waals surface area contributed by atoms with E-state index in [1.165, 1.54) is 18.4 Å². The molecule has 2 heterocycles. The van der Waals surface area contributed by atoms with Gasteiger partial charge in [-0.25, -0.2) is 0 Å². The summed E-state index contributed by atoms with van der Waals surface area (Å²) in [7, 11) is 0. The zero-order chi connectivity index (χ0) is 14.1. The lowest BCUT2D eigenvalue weighted by atomic mass is 9.84. The minimum atomic E-state index is -0.367. The molecule has 2 fully saturated rings. The van der Waals surface area contributed by atoms with E-state index in [0.717, 1.165) is 19.1 Å². The van der Waals surface area contributed by atoms with Gasteiger partial charge in [0.1, 0.15) is 6.29 Å². The van der Waals surface area contributed by atoms with Gasteiger partial charge in [-0.1, -0.05) is 12.1 Å². The number of aldehydes is 1. The number of carbonyl (C=O) groups excluding carboxylic acids is 2. The van der Waals surface area contributed by atoms with Gasteiger partial charge in [-0.05, 0) is 49.3 Å². The van der Waals surface area contributed by atoms with E-state index in [1.54, 1.807) is 6.07 Å². The topological polar surface area (TPSA) is 63.4 Å². The lowest BCUT2D eigenvalue weighted by Gasteiger charge is -2.38. The van der Waals surface area contributed by atoms with Crippen LogP contribution >= 0.6 is 12.4 Å². The highest BCUT2D eigenvalue weighted by Crippen LogP contribution is 2.42. The summed E-state index contributed by atoms with van der Waals surface area (Å²) in [6.45, 7) is 0.559. The number of hydrogen-bond acceptors (Lipinski definition) is 3. The monoisotopic (exact) mass is 308 g/mol. The molecule has 0 spiro atoms. The Labute approximate surface area is 131 Å². The van der Waals surface area contributed by atoms with E-state index in [0.29, 0.717) is 30.1 Å². The third-order valence-electron chi connectivity index (χ3n) is 4.81. The minimum absolute atomic E-state index is 0. The van der Waals surface area contributed by atoms with E-state index in [2.05, 4.69) is 11.0 Å². The van der Waals surface area contributed by atoms with Gasteiger partial charge in [0.05, 0.1) is 6.54 Å². The van der Waals surface area contributed by atoms with E-state index >= 15 is 0 Å². The second-order valence-electron chi connectivity index (χ2n) is 5.91. The number of nitrogens with zero attached hydrogens (tertiary/aromatic N) is 1. The average molecular weight is 309 g/mol. The molecule has 2 N–H and O–H groups in total. The molecule has 2 aliphatic rings. The molecular formula is C16H21ClN2O2. The largest absolute Gasteiger partial charge is 0.366 e. The molecule has 5 heteroatoms. The number of rotatable bonds is 4. The van der Waals surface area contributed by atoms with Gasteiger partial charge in [0.15, 0.2) is 0 Å². The molecule has 1 unspecified atom stereocenters. The minimum Gasteiger partial charge on any atom is -0.366 e. The molecule has 21 heavy (non-hydrogen) atoms. The normalized spacial score (nSPS) is 27.9. The van der Waals surface area contributed by atoms with Crippen molar-refractivity contribution in [2.24, 2.45) is 5.73 Å². The Hall–Kier alpha value is -1.39. The molecule has 2 bridgehead atoms. The van der Waals surface area contributed by atoms with Gasteiger partial charge in [-0.15, -0.1) is 12.4 Å². The van der Waals surface area contributed by atoms with Crippen LogP contribution in [-0.4, -0.2) is 35.7 Å². The number of primary amides is 1. The Morgan fingerprint density at radius 1 is 1.29 bits per heavy atom. The highest BCUT2D eigenvalue weighted by molar-refractivity contribution is 5.92. The van der Waals surface area contributed by atoms with Crippen LogP contribution in [0.15, 0.2) is 24.3 Å². The third kappa shape index (κ3) is 3.11. The Kier molecular flexibility index (Phi) is 5.01. The highest BCUT2D eigenvalue weighted by Gasteiger charge is 2.40. The highest BCUT2D eigenvalue weighted by atomic mass is 35.5. The fraction of sp³-hybridized carbons (Fsp3) is 0.500. The molecule has 1 amide bonds. The van der Waals surface area contributed by atoms with Crippen molar-refractivity contribution < 1.29 is 9.59 Å². The van der Waals surface area contributed by atoms with Crippen LogP contribution in [0.25, 0.3) is 0 Å². The van der Waals surface area contributed by atoms with Crippen LogP contribution in [0.2, 0.25) is 0 Å². The first-order valence-corrected chi connectivity index (χ1v) is 7.28. The van der Waals surface area contributed by atoms with Crippen molar-refractivity contribution >= 4 is 24.6 Å². The molecule has 3 rings (SSSR count). The predicted molar refractivity (Wildman–Crippen MR) is 83.8 cm³/mol. The maximum absolute atomic E-state index is 11.3. The van der Waals surface area contributed by atoms with Crippen LogP contribution in [0, 0.1) is 0 Å². The van der Waals surface area contributed by atoms with Crippen molar-refractivity contribution in [3.8, 4) is 0 Å². The summed E-state index contributed by atoms with van der Waals surface area (Å²) in [5.41, 5.74) is 7.15. The lowest BCUT2D eigenvalue weighted by molar-refractivity contribution is -0.109. The number of piperidine rings is 1. The fourth-order valence-corrected chi connectivity index (χ4v) is 3.88. The molecule has 2 saturated heterocycles. The number of fused-ring (bicyclic) bond motifs is 2. The van der Waals surface area contributed by atoms with Gasteiger partial charge in [0.25, 0.3) is 0 Å². The molecule has 0 saturated carbocycles. The van der Waals surface area contributed by atoms with Crippen molar-refractivity contribution in [3.63, 3.8) is 0 Å². The number of amides is 1. The predicted octanol–water partition coefficient (Wildman–Crippen LogP) is 2.12. The van der Waals surface area contributed by atoms with Crippen LogP contribution < -0.4 is 5.73 Å². The zero-order valence-corrected chi connectivity index (χ0v) is 12.7. The number of halogens is 1. The molecule has 2 aliphatic heterocycles. The van der Waals surface area contributed by atoms with Crippen LogP contribution in [-0.2, 0) is 4.79 Å². The van der Waals surface area contributed by atoms with E-state index in [4.69, 9.17) is 5.73 Å². The quantitative estimate of drug-likeness (QED) is 0.867. The maximum Gasteiger partial charge on any atom is 0.248 e. The molecule has 1 aromatic carbocycles. The third-order valence-corrected chi connectivity index (χ3v) is 4.81. The van der Waals surface area contributed by atoms with Crippen LogP contribution in [0.4, 0.5) is 0 Å². The molecule has 1 aromatic rings. The van der Waals surface area contributed by atoms with Gasteiger partial charge < -0.3 is 10.5 Å². The molecule has 114 valence electrons. The Morgan fingerprint density at radius 2 is 1.95 bits per heavy atom. The number of hydrogen-bond donors (Lipinski definition) is 1. The van der Waals surface area contributed by atoms with Crippen molar-refractivity contribution in [3.05, 3.63) is 35.4 Å². The standard InChI is InChI=1S/C16H20N2O2.ClH/c17-16(20)12-3-1-2-11(8-12)13-9-14-4-5-15(10-13)18(14)6-7-19;/h1-3,7-8,13-15H,4-6,9-10H2,(H2,17,20);1H/t13?,14-,15+;. The second-order valence-corrected chi connectivity index (χ2v) is 5.91. The first-order valence-electron chi connectivity index (χ1n) is 7.28. The van der Waals surface area contributed by atoms with E-state index in [9.17, 15) is 9.59 Å². The summed E-state index contributed by atoms with van der Waals surface area (Å²) in [6.07, 6.45) is 5.54. The fourth-order valence-electron chi connectivity index (χ4n) is 3.88. The summed E-state index contributed by atoms with van der Waals surface area (Å²) in [4.78, 5) is 24.4. The van der Waals surface area contributed by atoms with E-state index in [-0.39, 0.29) is 18.3 Å². The molecule has 0 aliphatic carbocycles. The summed E-state index contributed by atoms with van der Waals surface area (Å²) in [6, 6.07) is 8.73. The lowest BCUT2D eigenvalue weighted by Crippen LogP contribution is -2.43. The van der Waals surface area contributed by atoms with Gasteiger partial charge in [-0.2, -0.15) is 0 Å². The maximum atomic E-state index is 11.3. The average Bonchev–Trinajstić information content (AvgIpc) is 2.70. The molecule has 4 nitrogen and oxygen atoms in total. The molecular weight excluding hydrogens is 288 g/mol. The van der Waals surface area contributed by atoms with Gasteiger partial charge >= 0.3 is 0 Å². The first kappa shape index (κ1) is 16.0. The first-order chi connectivity index (χ1) is 9.69. The summed E-state index contributed by atoms with van der Waals surface area (Å²) < 4.78 is 0. The Balaban J connectivity index is 0.00000161. The molecule has 3 atom stereocenters. The van der Waals surface area contributed by atoms with Crippen molar-refractivity contribution in [1.29, 1.82) is 0 Å². The van der Waals surface area contributed by atoms with E-state index in [1.807, 2.05) is 12.1 Å². The number of carbonyl (C=O) groups is 2. The van der Waals surface area contributed by atoms with Gasteiger partial charge in [0.2, 0.25) is 5.91 Å². The SMILES string of the molecule is Cl.NC(=O)c1cccc(C2C[C@H]3CC[C@@H](C2)N3CC=O)c1. The zero-order valence-electron chi connectivity index (χ0n) is 11.9. The van der Waals surface area contributed by atoms with E-state index < -0.39 is 0 Å². The van der Waals surface area contributed by atoms with Crippen molar-refractivity contribution in [2.45, 2.75) is 43.7 Å². The Bertz CT molecular complexity index is 521. The smallest absolute Gasteiger partial charge is 0.248 e. The van der Waals surface area contributed by atoms with Crippen LogP contribution in [0.5, 0.6) is 0 Å². The summed E-state index contributed by atoms with van der Waals surface area (Å²) in [5, 5.41) is 0. The van der Waals surface area contributed by atoms with Crippen molar-refractivity contribution in [1.82, 2.24) is 4.90 Å². The molecule has 0 aromatic heterocycles. The number of nitrogens with two attached hydrogens (primary N) is 1. The second kappa shape index (κ2) is 6.58. The van der Waals surface area contributed by atoms with Gasteiger partial charge in [-0.3, -0.25) is 9.69 Å². The van der Waals surface area contributed by atoms with Crippen LogP contribution in [0.1, 0.15) is 47.5 Å². The summed E-state index contributed by atoms with van der Waals surface area (Å²) in [5.74, 6) is 0.114. The van der Waals surface area contributed by atoms with Crippen molar-refractivity contribution in [2.75, 3.05) is 6.54 Å².